The summed E-state index contributed by atoms with van der Waals surface area (Å²) in [6.07, 6.45) is 0. The molecule has 294 valence electrons. The molecule has 7 aromatic carbocycles. The molecule has 2 aliphatic rings. The highest BCUT2D eigenvalue weighted by molar-refractivity contribution is 6.35. The molecule has 0 fully saturated rings. The van der Waals surface area contributed by atoms with Crippen molar-refractivity contribution in [3.05, 3.63) is 225 Å². The fraction of sp³-hybridized carbons (Fsp3) is 0. The summed E-state index contributed by atoms with van der Waals surface area (Å²) in [5.74, 6) is 8.66. The highest BCUT2D eigenvalue weighted by Gasteiger charge is 2.38. The van der Waals surface area contributed by atoms with Crippen molar-refractivity contribution in [2.24, 2.45) is 0 Å². The van der Waals surface area contributed by atoms with Gasteiger partial charge in [0.1, 0.15) is 11.5 Å². The number of esters is 2. The number of rotatable bonds is 6. The molecule has 7 aromatic rings. The van der Waals surface area contributed by atoms with Crippen molar-refractivity contribution in [1.29, 1.82) is 0 Å². The number of anilines is 2. The van der Waals surface area contributed by atoms with Gasteiger partial charge in [-0.2, -0.15) is 0 Å². The van der Waals surface area contributed by atoms with Crippen LogP contribution in [-0.4, -0.2) is 35.6 Å². The maximum Gasteiger partial charge on any atom is 0.343 e. The van der Waals surface area contributed by atoms with Crippen molar-refractivity contribution < 1.29 is 38.2 Å². The number of nitrogens with zero attached hydrogens (tertiary/aromatic N) is 2. The maximum atomic E-state index is 13.5. The number of carbonyl (C=O) groups excluding carboxylic acids is 6. The van der Waals surface area contributed by atoms with Gasteiger partial charge in [0.05, 0.1) is 44.8 Å². The van der Waals surface area contributed by atoms with Crippen molar-refractivity contribution in [2.45, 2.75) is 0 Å². The molecule has 9 rings (SSSR count). The van der Waals surface area contributed by atoms with E-state index >= 15 is 0 Å². The van der Waals surface area contributed by atoms with Crippen LogP contribution < -0.4 is 19.3 Å². The van der Waals surface area contributed by atoms with E-state index in [-0.39, 0.29) is 44.9 Å². The number of imide groups is 2. The number of ether oxygens (including phenoxy) is 2. The summed E-state index contributed by atoms with van der Waals surface area (Å²) in [6.45, 7) is 0. The van der Waals surface area contributed by atoms with Crippen molar-refractivity contribution >= 4 is 46.9 Å². The lowest BCUT2D eigenvalue weighted by Crippen LogP contribution is -2.29. The first-order chi connectivity index (χ1) is 30.2. The smallest absolute Gasteiger partial charge is 0.343 e. The van der Waals surface area contributed by atoms with E-state index < -0.39 is 35.6 Å². The molecule has 0 radical (unpaired) electrons. The predicted molar refractivity (Wildman–Crippen MR) is 229 cm³/mol. The Balaban J connectivity index is 0.838. The van der Waals surface area contributed by atoms with E-state index in [1.54, 1.807) is 48.5 Å². The van der Waals surface area contributed by atoms with E-state index in [4.69, 9.17) is 9.47 Å². The molecule has 0 saturated carbocycles. The Kier molecular flexibility index (Phi) is 10.1. The second-order valence-electron chi connectivity index (χ2n) is 14.0. The summed E-state index contributed by atoms with van der Waals surface area (Å²) >= 11 is 0. The Morgan fingerprint density at radius 1 is 0.355 bits per heavy atom. The van der Waals surface area contributed by atoms with Crippen LogP contribution in [-0.2, 0) is 0 Å². The zero-order chi connectivity index (χ0) is 42.7. The molecule has 4 amide bonds. The standard InChI is InChI=1S/C52H28N2O8/c55-47-43-27-21-37(31-45(43)49(57)53(47)39-15-7-13-35(29-39)19-17-33-9-3-1-4-10-33)51(59)61-41-23-25-42(26-24-41)62-52(60)38-22-28-44-46(32-38)50(58)54(48(44)56)40-16-8-14-36(30-40)20-18-34-11-5-2-6-12-34/h1-16,21-32H. The van der Waals surface area contributed by atoms with Crippen LogP contribution in [0, 0.1) is 23.7 Å². The second-order valence-corrected chi connectivity index (χ2v) is 14.0. The van der Waals surface area contributed by atoms with Crippen LogP contribution in [0.2, 0.25) is 0 Å². The molecule has 2 aliphatic heterocycles. The van der Waals surface area contributed by atoms with Crippen LogP contribution in [0.15, 0.2) is 170 Å². The van der Waals surface area contributed by atoms with Gasteiger partial charge in [-0.25, -0.2) is 19.4 Å². The van der Waals surface area contributed by atoms with Crippen molar-refractivity contribution in [1.82, 2.24) is 0 Å². The lowest BCUT2D eigenvalue weighted by Gasteiger charge is -2.14. The molecular weight excluding hydrogens is 781 g/mol. The Bertz CT molecular complexity index is 2940. The largest absolute Gasteiger partial charge is 0.423 e. The van der Waals surface area contributed by atoms with Gasteiger partial charge in [-0.15, -0.1) is 0 Å². The van der Waals surface area contributed by atoms with Crippen LogP contribution in [0.3, 0.4) is 0 Å². The van der Waals surface area contributed by atoms with Gasteiger partial charge < -0.3 is 9.47 Å². The number of hydrogen-bond acceptors (Lipinski definition) is 8. The molecular formula is C52H28N2O8. The van der Waals surface area contributed by atoms with Gasteiger partial charge in [0.25, 0.3) is 23.6 Å². The summed E-state index contributed by atoms with van der Waals surface area (Å²) < 4.78 is 11.1. The van der Waals surface area contributed by atoms with Crippen LogP contribution >= 0.6 is 0 Å². The fourth-order valence-corrected chi connectivity index (χ4v) is 6.89. The monoisotopic (exact) mass is 808 g/mol. The number of fused-ring (bicyclic) bond motifs is 2. The molecule has 2 heterocycles. The summed E-state index contributed by atoms with van der Waals surface area (Å²) in [6, 6.07) is 46.3. The van der Waals surface area contributed by atoms with Crippen molar-refractivity contribution in [3.8, 4) is 35.2 Å². The Morgan fingerprint density at radius 2 is 0.710 bits per heavy atom. The average Bonchev–Trinajstić information content (AvgIpc) is 3.71. The predicted octanol–water partition coefficient (Wildman–Crippen LogP) is 8.53. The van der Waals surface area contributed by atoms with Crippen LogP contribution in [0.1, 0.15) is 84.4 Å². The van der Waals surface area contributed by atoms with Crippen LogP contribution in [0.25, 0.3) is 0 Å². The van der Waals surface area contributed by atoms with E-state index in [0.29, 0.717) is 22.5 Å². The van der Waals surface area contributed by atoms with E-state index in [1.165, 1.54) is 60.7 Å². The third-order valence-corrected chi connectivity index (χ3v) is 9.95. The lowest BCUT2D eigenvalue weighted by atomic mass is 10.1. The molecule has 10 heteroatoms. The maximum absolute atomic E-state index is 13.5. The fourth-order valence-electron chi connectivity index (χ4n) is 6.89. The number of benzene rings is 7. The Labute approximate surface area is 354 Å². The second kappa shape index (κ2) is 16.3. The third-order valence-electron chi connectivity index (χ3n) is 9.95. The molecule has 0 atom stereocenters. The highest BCUT2D eigenvalue weighted by atomic mass is 16.5. The first-order valence-corrected chi connectivity index (χ1v) is 19.1. The molecule has 0 aromatic heterocycles. The molecule has 62 heavy (non-hydrogen) atoms. The van der Waals surface area contributed by atoms with Gasteiger partial charge in [0, 0.05) is 22.3 Å². The molecule has 0 saturated heterocycles. The van der Waals surface area contributed by atoms with Gasteiger partial charge in [-0.3, -0.25) is 19.2 Å². The zero-order valence-electron chi connectivity index (χ0n) is 32.3. The molecule has 0 aliphatic carbocycles. The van der Waals surface area contributed by atoms with E-state index in [1.807, 2.05) is 60.7 Å². The van der Waals surface area contributed by atoms with Gasteiger partial charge in [0.15, 0.2) is 0 Å². The highest BCUT2D eigenvalue weighted by Crippen LogP contribution is 2.32. The minimum absolute atomic E-state index is 0.0392. The van der Waals surface area contributed by atoms with Gasteiger partial charge in [-0.1, -0.05) is 72.2 Å². The summed E-state index contributed by atoms with van der Waals surface area (Å²) in [5.41, 5.74) is 4.02. The van der Waals surface area contributed by atoms with Crippen LogP contribution in [0.5, 0.6) is 11.5 Å². The topological polar surface area (TPSA) is 127 Å². The molecule has 0 N–H and O–H groups in total. The van der Waals surface area contributed by atoms with E-state index in [2.05, 4.69) is 23.7 Å². The van der Waals surface area contributed by atoms with Crippen molar-refractivity contribution in [3.63, 3.8) is 0 Å². The molecule has 0 unspecified atom stereocenters. The average molecular weight is 809 g/mol. The molecule has 10 nitrogen and oxygen atoms in total. The molecule has 0 spiro atoms. The third kappa shape index (κ3) is 7.62. The first kappa shape index (κ1) is 38.4. The van der Waals surface area contributed by atoms with Gasteiger partial charge >= 0.3 is 11.9 Å². The minimum Gasteiger partial charge on any atom is -0.423 e. The quantitative estimate of drug-likeness (QED) is 0.0709. The first-order valence-electron chi connectivity index (χ1n) is 19.1. The number of carbonyl (C=O) groups is 6. The summed E-state index contributed by atoms with van der Waals surface area (Å²) in [5, 5.41) is 0. The molecule has 0 bridgehead atoms. The number of hydrogen-bond donors (Lipinski definition) is 0. The summed E-state index contributed by atoms with van der Waals surface area (Å²) in [4.78, 5) is 82.3. The van der Waals surface area contributed by atoms with Gasteiger partial charge in [0.2, 0.25) is 0 Å². The van der Waals surface area contributed by atoms with E-state index in [0.717, 1.165) is 20.9 Å². The van der Waals surface area contributed by atoms with Gasteiger partial charge in [-0.05, 0) is 121 Å². The minimum atomic E-state index is -0.785. The zero-order valence-corrected chi connectivity index (χ0v) is 32.3. The normalized spacial score (nSPS) is 12.5. The number of amides is 4. The van der Waals surface area contributed by atoms with E-state index in [9.17, 15) is 28.8 Å². The Morgan fingerprint density at radius 3 is 1.11 bits per heavy atom. The Hall–Kier alpha value is -9.12. The van der Waals surface area contributed by atoms with Crippen molar-refractivity contribution in [2.75, 3.05) is 9.80 Å². The SMILES string of the molecule is O=C(Oc1ccc(OC(=O)c2ccc3c(c2)C(=O)N(c2cccc(C#Cc4ccccc4)c2)C3=O)cc1)c1ccc2c(c1)C(=O)N(c1cccc(C#Cc3ccccc3)c1)C2=O. The lowest BCUT2D eigenvalue weighted by molar-refractivity contribution is 0.0719. The van der Waals surface area contributed by atoms with Crippen LogP contribution in [0.4, 0.5) is 11.4 Å². The summed E-state index contributed by atoms with van der Waals surface area (Å²) in [7, 11) is 0.